The number of hydrogen-bond acceptors (Lipinski definition) is 5. The van der Waals surface area contributed by atoms with Crippen molar-refractivity contribution in [1.82, 2.24) is 4.31 Å². The number of rotatable bonds is 4. The summed E-state index contributed by atoms with van der Waals surface area (Å²) in [5.41, 5.74) is -0.149. The minimum absolute atomic E-state index is 0.00825. The lowest BCUT2D eigenvalue weighted by molar-refractivity contribution is 0.271. The normalized spacial score (nSPS) is 24.6. The second-order valence-electron chi connectivity index (χ2n) is 5.97. The molecule has 0 N–H and O–H groups in total. The molecule has 1 aliphatic heterocycles. The van der Waals surface area contributed by atoms with Crippen LogP contribution in [0.5, 0.6) is 5.75 Å². The van der Waals surface area contributed by atoms with Gasteiger partial charge in [-0.1, -0.05) is 6.07 Å². The van der Waals surface area contributed by atoms with E-state index in [1.54, 1.807) is 26.0 Å². The molecule has 22 heavy (non-hydrogen) atoms. The van der Waals surface area contributed by atoms with Gasteiger partial charge < -0.3 is 4.74 Å². The molecule has 0 radical (unpaired) electrons. The summed E-state index contributed by atoms with van der Waals surface area (Å²) in [6.45, 7) is 3.46. The Labute approximate surface area is 132 Å². The first-order valence-corrected chi connectivity index (χ1v) is 10.1. The number of aryl methyl sites for hydroxylation is 1. The first-order valence-electron chi connectivity index (χ1n) is 6.86. The number of nitrogens with zero attached hydrogens (tertiary/aromatic N) is 1. The molecule has 1 aliphatic rings. The molecule has 8 heteroatoms. The highest BCUT2D eigenvalue weighted by atomic mass is 32.2. The van der Waals surface area contributed by atoms with Gasteiger partial charge in [0.1, 0.15) is 10.6 Å². The molecule has 2 rings (SSSR count). The fraction of sp³-hybridized carbons (Fsp3) is 0.571. The van der Waals surface area contributed by atoms with Gasteiger partial charge in [0.25, 0.3) is 0 Å². The van der Waals surface area contributed by atoms with Crippen molar-refractivity contribution in [2.45, 2.75) is 30.7 Å². The van der Waals surface area contributed by atoms with E-state index in [0.717, 1.165) is 5.56 Å². The van der Waals surface area contributed by atoms with Crippen LogP contribution < -0.4 is 4.74 Å². The number of benzene rings is 1. The highest BCUT2D eigenvalue weighted by molar-refractivity contribution is 7.92. The second-order valence-corrected chi connectivity index (χ2v) is 10.1. The third kappa shape index (κ3) is 3.00. The molecular formula is C14H21NO5S2. The van der Waals surface area contributed by atoms with Gasteiger partial charge in [0, 0.05) is 12.6 Å². The predicted molar refractivity (Wildman–Crippen MR) is 84.4 cm³/mol. The predicted octanol–water partition coefficient (Wildman–Crippen LogP) is 1.20. The van der Waals surface area contributed by atoms with Crippen LogP contribution in [0.15, 0.2) is 23.1 Å². The van der Waals surface area contributed by atoms with E-state index in [-0.39, 0.29) is 22.2 Å². The van der Waals surface area contributed by atoms with Gasteiger partial charge in [-0.05, 0) is 38.0 Å². The Morgan fingerprint density at radius 1 is 1.32 bits per heavy atom. The molecule has 1 aromatic carbocycles. The Hall–Kier alpha value is -1.12. The van der Waals surface area contributed by atoms with E-state index in [9.17, 15) is 16.8 Å². The van der Waals surface area contributed by atoms with E-state index >= 15 is 0 Å². The second kappa shape index (κ2) is 5.50. The van der Waals surface area contributed by atoms with Crippen molar-refractivity contribution in [1.29, 1.82) is 0 Å². The van der Waals surface area contributed by atoms with Gasteiger partial charge >= 0.3 is 0 Å². The van der Waals surface area contributed by atoms with Crippen LogP contribution in [0.1, 0.15) is 18.9 Å². The molecule has 0 aliphatic carbocycles. The summed E-state index contributed by atoms with van der Waals surface area (Å²) in [5.74, 6) is 0.0972. The molecule has 0 amide bonds. The van der Waals surface area contributed by atoms with Crippen molar-refractivity contribution in [2.24, 2.45) is 0 Å². The molecular weight excluding hydrogens is 326 g/mol. The molecule has 1 fully saturated rings. The van der Waals surface area contributed by atoms with E-state index < -0.39 is 25.4 Å². The van der Waals surface area contributed by atoms with Gasteiger partial charge in [-0.2, -0.15) is 4.31 Å². The molecule has 6 nitrogen and oxygen atoms in total. The van der Waals surface area contributed by atoms with Gasteiger partial charge in [-0.15, -0.1) is 0 Å². The Bertz CT molecular complexity index is 785. The molecule has 124 valence electrons. The summed E-state index contributed by atoms with van der Waals surface area (Å²) in [4.78, 5) is 0.0584. The van der Waals surface area contributed by atoms with Crippen molar-refractivity contribution < 1.29 is 21.6 Å². The SMILES string of the molecule is COc1ccc(C)cc1S(=O)(=O)N(C)[C@]1(C)CCS(=O)(=O)C1. The third-order valence-electron chi connectivity index (χ3n) is 4.20. The largest absolute Gasteiger partial charge is 0.495 e. The number of sulfonamides is 1. The number of ether oxygens (including phenoxy) is 1. The van der Waals surface area contributed by atoms with Crippen molar-refractivity contribution in [2.75, 3.05) is 25.7 Å². The van der Waals surface area contributed by atoms with Crippen LogP contribution >= 0.6 is 0 Å². The molecule has 0 bridgehead atoms. The maximum Gasteiger partial charge on any atom is 0.247 e. The Kier molecular flexibility index (Phi) is 4.31. The zero-order valence-corrected chi connectivity index (χ0v) is 14.8. The molecule has 0 unspecified atom stereocenters. The lowest BCUT2D eigenvalue weighted by Gasteiger charge is -2.33. The minimum atomic E-state index is -3.85. The first kappa shape index (κ1) is 17.2. The zero-order chi connectivity index (χ0) is 16.8. The van der Waals surface area contributed by atoms with Crippen LogP contribution in [-0.4, -0.2) is 52.3 Å². The van der Waals surface area contributed by atoms with Crippen LogP contribution in [0.2, 0.25) is 0 Å². The zero-order valence-electron chi connectivity index (χ0n) is 13.2. The van der Waals surface area contributed by atoms with Crippen LogP contribution in [0.4, 0.5) is 0 Å². The summed E-state index contributed by atoms with van der Waals surface area (Å²) >= 11 is 0. The fourth-order valence-corrected chi connectivity index (χ4v) is 6.70. The number of hydrogen-bond donors (Lipinski definition) is 0. The van der Waals surface area contributed by atoms with Gasteiger partial charge in [0.05, 0.1) is 18.6 Å². The topological polar surface area (TPSA) is 80.8 Å². The molecule has 0 saturated carbocycles. The average Bonchev–Trinajstić information content (AvgIpc) is 2.73. The maximum atomic E-state index is 12.9. The quantitative estimate of drug-likeness (QED) is 0.817. The standard InChI is InChI=1S/C14H21NO5S2/c1-11-5-6-12(20-4)13(9-11)22(18,19)15(3)14(2)7-8-21(16,17)10-14/h5-6,9H,7-8,10H2,1-4H3/t14-/m1/s1. The summed E-state index contributed by atoms with van der Waals surface area (Å²) in [6.07, 6.45) is 0.291. The highest BCUT2D eigenvalue weighted by Crippen LogP contribution is 2.35. The van der Waals surface area contributed by atoms with E-state index in [2.05, 4.69) is 0 Å². The first-order chi connectivity index (χ1) is 10.0. The van der Waals surface area contributed by atoms with Gasteiger partial charge in [-0.3, -0.25) is 0 Å². The van der Waals surface area contributed by atoms with Crippen LogP contribution in [0.25, 0.3) is 0 Å². The van der Waals surface area contributed by atoms with Gasteiger partial charge in [0.15, 0.2) is 9.84 Å². The number of methoxy groups -OCH3 is 1. The van der Waals surface area contributed by atoms with Crippen molar-refractivity contribution in [3.63, 3.8) is 0 Å². The van der Waals surface area contributed by atoms with E-state index in [1.165, 1.54) is 24.5 Å². The van der Waals surface area contributed by atoms with Crippen LogP contribution in [-0.2, 0) is 19.9 Å². The molecule has 1 aromatic rings. The summed E-state index contributed by atoms with van der Waals surface area (Å²) in [7, 11) is -4.22. The summed E-state index contributed by atoms with van der Waals surface area (Å²) in [5, 5.41) is 0. The summed E-state index contributed by atoms with van der Waals surface area (Å²) in [6, 6.07) is 4.90. The molecule has 0 aromatic heterocycles. The number of sulfone groups is 1. The third-order valence-corrected chi connectivity index (χ3v) is 8.12. The highest BCUT2D eigenvalue weighted by Gasteiger charge is 2.46. The Balaban J connectivity index is 2.49. The van der Waals surface area contributed by atoms with Crippen LogP contribution in [0, 0.1) is 6.92 Å². The van der Waals surface area contributed by atoms with E-state index in [4.69, 9.17) is 4.74 Å². The summed E-state index contributed by atoms with van der Waals surface area (Å²) < 4.78 is 55.6. The van der Waals surface area contributed by atoms with E-state index in [0.29, 0.717) is 6.42 Å². The minimum Gasteiger partial charge on any atom is -0.495 e. The Morgan fingerprint density at radius 3 is 2.45 bits per heavy atom. The van der Waals surface area contributed by atoms with Gasteiger partial charge in [0.2, 0.25) is 10.0 Å². The monoisotopic (exact) mass is 347 g/mol. The fourth-order valence-electron chi connectivity index (χ4n) is 2.66. The maximum absolute atomic E-state index is 12.9. The van der Waals surface area contributed by atoms with Crippen LogP contribution in [0.3, 0.4) is 0 Å². The molecule has 1 atom stereocenters. The van der Waals surface area contributed by atoms with Crippen molar-refractivity contribution in [3.05, 3.63) is 23.8 Å². The lowest BCUT2D eigenvalue weighted by atomic mass is 10.0. The van der Waals surface area contributed by atoms with Crippen molar-refractivity contribution in [3.8, 4) is 5.75 Å². The van der Waals surface area contributed by atoms with Crippen molar-refractivity contribution >= 4 is 19.9 Å². The molecule has 1 heterocycles. The van der Waals surface area contributed by atoms with Gasteiger partial charge in [-0.25, -0.2) is 16.8 Å². The van der Waals surface area contributed by atoms with E-state index in [1.807, 2.05) is 0 Å². The average molecular weight is 347 g/mol. The Morgan fingerprint density at radius 2 is 1.95 bits per heavy atom. The lowest BCUT2D eigenvalue weighted by Crippen LogP contribution is -2.48. The molecule has 1 saturated heterocycles. The smallest absolute Gasteiger partial charge is 0.247 e. The molecule has 0 spiro atoms.